The molecule has 0 aromatic heterocycles. The van der Waals surface area contributed by atoms with E-state index in [9.17, 15) is 9.59 Å². The van der Waals surface area contributed by atoms with Crippen LogP contribution in [0.5, 0.6) is 0 Å². The summed E-state index contributed by atoms with van der Waals surface area (Å²) < 4.78 is 4.79. The van der Waals surface area contributed by atoms with Gasteiger partial charge in [0.1, 0.15) is 0 Å². The second kappa shape index (κ2) is 19.4. The van der Waals surface area contributed by atoms with E-state index in [0.29, 0.717) is 6.61 Å². The van der Waals surface area contributed by atoms with Crippen LogP contribution >= 0.6 is 0 Å². The number of ether oxygens (including phenoxy) is 1. The van der Waals surface area contributed by atoms with Crippen molar-refractivity contribution in [3.8, 4) is 0 Å². The van der Waals surface area contributed by atoms with Crippen molar-refractivity contribution in [2.45, 2.75) is 58.3 Å². The highest BCUT2D eigenvalue weighted by atomic mass is 16.5. The molecule has 0 bridgehead atoms. The van der Waals surface area contributed by atoms with E-state index in [0.717, 1.165) is 12.8 Å². The van der Waals surface area contributed by atoms with Gasteiger partial charge >= 0.3 is 11.9 Å². The van der Waals surface area contributed by atoms with Crippen molar-refractivity contribution in [3.05, 3.63) is 24.8 Å². The van der Waals surface area contributed by atoms with Gasteiger partial charge in [0.25, 0.3) is 0 Å². The van der Waals surface area contributed by atoms with Crippen LogP contribution in [0.4, 0.5) is 0 Å². The maximum Gasteiger partial charge on any atom is 0.327 e. The van der Waals surface area contributed by atoms with Crippen LogP contribution in [0.25, 0.3) is 0 Å². The second-order valence-electron chi connectivity index (χ2n) is 4.80. The quantitative estimate of drug-likeness (QED) is 0.304. The Labute approximate surface area is 133 Å². The minimum Gasteiger partial charge on any atom is -0.481 e. The lowest BCUT2D eigenvalue weighted by atomic mass is 10.1. The van der Waals surface area contributed by atoms with Gasteiger partial charge in [0.2, 0.25) is 0 Å². The molecule has 0 amide bonds. The minimum atomic E-state index is -0.842. The summed E-state index contributed by atoms with van der Waals surface area (Å²) >= 11 is 0. The molecule has 0 unspecified atom stereocenters. The highest BCUT2D eigenvalue weighted by Crippen LogP contribution is 2.06. The lowest BCUT2D eigenvalue weighted by Gasteiger charge is -1.96. The average molecular weight is 314 g/mol. The molecule has 0 saturated heterocycles. The molecular weight excluding hydrogens is 284 g/mol. The van der Waals surface area contributed by atoms with Crippen LogP contribution in [-0.4, -0.2) is 35.4 Å². The topological polar surface area (TPSA) is 83.8 Å². The van der Waals surface area contributed by atoms with Crippen molar-refractivity contribution in [1.82, 2.24) is 0 Å². The Balaban J connectivity index is 0. The number of hydrogen-bond acceptors (Lipinski definition) is 3. The zero-order valence-corrected chi connectivity index (χ0v) is 13.6. The normalized spacial score (nSPS) is 10.0. The van der Waals surface area contributed by atoms with E-state index in [1.165, 1.54) is 38.2 Å². The monoisotopic (exact) mass is 314 g/mol. The van der Waals surface area contributed by atoms with Gasteiger partial charge in [0, 0.05) is 6.08 Å². The molecule has 22 heavy (non-hydrogen) atoms. The van der Waals surface area contributed by atoms with Gasteiger partial charge in [-0.15, -0.1) is 6.58 Å². The molecule has 0 aromatic carbocycles. The average Bonchev–Trinajstić information content (AvgIpc) is 2.47. The summed E-state index contributed by atoms with van der Waals surface area (Å²) in [7, 11) is 0. The van der Waals surface area contributed by atoms with Gasteiger partial charge in [-0.3, -0.25) is 4.79 Å². The number of carboxylic acids is 2. The predicted molar refractivity (Wildman–Crippen MR) is 88.0 cm³/mol. The minimum absolute atomic E-state index is 0.0633. The van der Waals surface area contributed by atoms with E-state index in [2.05, 4.69) is 13.5 Å². The molecule has 0 radical (unpaired) electrons. The van der Waals surface area contributed by atoms with Crippen molar-refractivity contribution in [2.24, 2.45) is 0 Å². The Morgan fingerprint density at radius 2 is 1.73 bits per heavy atom. The number of carbonyl (C=O) groups is 2. The summed E-state index contributed by atoms with van der Waals surface area (Å²) in [5, 5.41) is 16.4. The number of carboxylic acid groups (broad SMARTS) is 2. The number of aliphatic carboxylic acids is 2. The lowest BCUT2D eigenvalue weighted by molar-refractivity contribution is -0.138. The third-order valence-corrected chi connectivity index (χ3v) is 2.68. The zero-order chi connectivity index (χ0) is 17.1. The molecule has 0 aliphatic carbocycles. The molecule has 0 aliphatic heterocycles. The Hall–Kier alpha value is -1.62. The largest absolute Gasteiger partial charge is 0.481 e. The molecule has 0 fully saturated rings. The third kappa shape index (κ3) is 26.8. The van der Waals surface area contributed by atoms with Crippen molar-refractivity contribution in [3.63, 3.8) is 0 Å². The van der Waals surface area contributed by atoms with Gasteiger partial charge in [-0.2, -0.15) is 0 Å². The van der Waals surface area contributed by atoms with Gasteiger partial charge in [-0.25, -0.2) is 4.79 Å². The Morgan fingerprint density at radius 3 is 2.27 bits per heavy atom. The van der Waals surface area contributed by atoms with Crippen molar-refractivity contribution < 1.29 is 24.5 Å². The molecule has 0 aliphatic rings. The molecule has 128 valence electrons. The molecule has 0 saturated carbocycles. The van der Waals surface area contributed by atoms with Gasteiger partial charge in [-0.1, -0.05) is 51.2 Å². The number of rotatable bonds is 13. The molecule has 0 rings (SSSR count). The first-order valence-electron chi connectivity index (χ1n) is 7.84. The first kappa shape index (κ1) is 22.7. The molecular formula is C17H30O5. The molecule has 5 heteroatoms. The Kier molecular flexibility index (Phi) is 20.0. The summed E-state index contributed by atoms with van der Waals surface area (Å²) in [6.07, 6.45) is 13.1. The summed E-state index contributed by atoms with van der Waals surface area (Å²) in [6.45, 7) is 6.30. The van der Waals surface area contributed by atoms with Crippen molar-refractivity contribution in [1.29, 1.82) is 0 Å². The van der Waals surface area contributed by atoms with E-state index in [-0.39, 0.29) is 13.0 Å². The third-order valence-electron chi connectivity index (χ3n) is 2.68. The SMILES string of the molecule is C=CCOCCC(=O)O.CCCCCCCC/C=C/C(=O)O. The van der Waals surface area contributed by atoms with E-state index in [1.54, 1.807) is 12.2 Å². The van der Waals surface area contributed by atoms with Gasteiger partial charge in [-0.05, 0) is 12.8 Å². The molecule has 0 heterocycles. The number of unbranched alkanes of at least 4 members (excludes halogenated alkanes) is 6. The lowest BCUT2D eigenvalue weighted by Crippen LogP contribution is -2.02. The highest BCUT2D eigenvalue weighted by molar-refractivity contribution is 5.79. The Morgan fingerprint density at radius 1 is 1.09 bits per heavy atom. The fourth-order valence-electron chi connectivity index (χ4n) is 1.55. The molecule has 0 spiro atoms. The van der Waals surface area contributed by atoms with Crippen LogP contribution in [0.1, 0.15) is 58.3 Å². The van der Waals surface area contributed by atoms with Crippen LogP contribution in [0, 0.1) is 0 Å². The number of hydrogen-bond donors (Lipinski definition) is 2. The molecule has 5 nitrogen and oxygen atoms in total. The number of allylic oxidation sites excluding steroid dienone is 1. The van der Waals surface area contributed by atoms with Crippen LogP contribution in [0.15, 0.2) is 24.8 Å². The first-order chi connectivity index (χ1) is 10.5. The van der Waals surface area contributed by atoms with Crippen LogP contribution < -0.4 is 0 Å². The van der Waals surface area contributed by atoms with Crippen LogP contribution in [0.3, 0.4) is 0 Å². The van der Waals surface area contributed by atoms with E-state index in [4.69, 9.17) is 14.9 Å². The zero-order valence-electron chi connectivity index (χ0n) is 13.6. The predicted octanol–water partition coefficient (Wildman–Crippen LogP) is 4.04. The van der Waals surface area contributed by atoms with Gasteiger partial charge in [0.05, 0.1) is 19.6 Å². The van der Waals surface area contributed by atoms with Crippen LogP contribution in [-0.2, 0) is 14.3 Å². The van der Waals surface area contributed by atoms with Crippen molar-refractivity contribution in [2.75, 3.05) is 13.2 Å². The summed E-state index contributed by atoms with van der Waals surface area (Å²) in [5.74, 6) is -1.68. The maximum absolute atomic E-state index is 10.1. The summed E-state index contributed by atoms with van der Waals surface area (Å²) in [6, 6.07) is 0. The molecule has 2 N–H and O–H groups in total. The summed E-state index contributed by atoms with van der Waals surface area (Å²) in [5.41, 5.74) is 0. The molecule has 0 aromatic rings. The molecule has 0 atom stereocenters. The Bertz CT molecular complexity index is 310. The van der Waals surface area contributed by atoms with Crippen LogP contribution in [0.2, 0.25) is 0 Å². The van der Waals surface area contributed by atoms with Gasteiger partial charge < -0.3 is 14.9 Å². The van der Waals surface area contributed by atoms with E-state index in [1.807, 2.05) is 0 Å². The standard InChI is InChI=1S/C11H20O2.C6H10O3/c1-2-3-4-5-6-7-8-9-10-11(12)13;1-2-4-9-5-3-6(7)8/h9-10H,2-8H2,1H3,(H,12,13);2H,1,3-5H2,(H,7,8)/b10-9+;. The fraction of sp³-hybridized carbons (Fsp3) is 0.647. The van der Waals surface area contributed by atoms with E-state index >= 15 is 0 Å². The smallest absolute Gasteiger partial charge is 0.327 e. The highest BCUT2D eigenvalue weighted by Gasteiger charge is 1.93. The van der Waals surface area contributed by atoms with Crippen molar-refractivity contribution >= 4 is 11.9 Å². The first-order valence-corrected chi connectivity index (χ1v) is 7.84. The van der Waals surface area contributed by atoms with E-state index < -0.39 is 11.9 Å². The summed E-state index contributed by atoms with van der Waals surface area (Å²) in [4.78, 5) is 19.9. The maximum atomic E-state index is 10.1. The second-order valence-corrected chi connectivity index (χ2v) is 4.80. The fourth-order valence-corrected chi connectivity index (χ4v) is 1.55. The van der Waals surface area contributed by atoms with Gasteiger partial charge in [0.15, 0.2) is 0 Å².